The third kappa shape index (κ3) is 3.04. The number of aryl methyl sites for hydroxylation is 2. The van der Waals surface area contributed by atoms with Crippen LogP contribution in [0.4, 0.5) is 11.4 Å². The van der Waals surface area contributed by atoms with Crippen LogP contribution in [0.15, 0.2) is 65.7 Å². The van der Waals surface area contributed by atoms with Crippen molar-refractivity contribution in [3.05, 3.63) is 87.2 Å². The number of carbonyl (C=O) groups excluding carboxylic acids is 2. The van der Waals surface area contributed by atoms with Gasteiger partial charge in [-0.3, -0.25) is 9.59 Å². The normalized spacial score (nSPS) is 14.2. The highest BCUT2D eigenvalue weighted by molar-refractivity contribution is 7.11. The van der Waals surface area contributed by atoms with Crippen molar-refractivity contribution in [3.63, 3.8) is 0 Å². The highest BCUT2D eigenvalue weighted by Crippen LogP contribution is 2.36. The number of hydrogen-bond donors (Lipinski definition) is 1. The zero-order valence-corrected chi connectivity index (χ0v) is 16.8. The minimum absolute atomic E-state index is 0.302. The van der Waals surface area contributed by atoms with Gasteiger partial charge in [-0.2, -0.15) is 0 Å². The molecule has 0 unspecified atom stereocenters. The Morgan fingerprint density at radius 2 is 1.61 bits per heavy atom. The molecule has 140 valence electrons. The highest BCUT2D eigenvalue weighted by atomic mass is 32.1. The average Bonchev–Trinajstić information content (AvgIpc) is 3.27. The lowest BCUT2D eigenvalue weighted by Crippen LogP contribution is -2.32. The first kappa shape index (κ1) is 18.2. The van der Waals surface area contributed by atoms with Crippen molar-refractivity contribution in [2.24, 2.45) is 0 Å². The molecule has 0 saturated carbocycles. The number of imide groups is 1. The van der Waals surface area contributed by atoms with Crippen LogP contribution in [-0.4, -0.2) is 11.8 Å². The van der Waals surface area contributed by atoms with Crippen LogP contribution in [0.25, 0.3) is 5.57 Å². The van der Waals surface area contributed by atoms with E-state index in [0.29, 0.717) is 17.0 Å². The third-order valence-corrected chi connectivity index (χ3v) is 5.90. The predicted octanol–water partition coefficient (Wildman–Crippen LogP) is 5.07. The van der Waals surface area contributed by atoms with E-state index in [0.717, 1.165) is 27.3 Å². The maximum atomic E-state index is 13.3. The van der Waals surface area contributed by atoms with Gasteiger partial charge in [0.05, 0.1) is 11.3 Å². The Morgan fingerprint density at radius 3 is 2.29 bits per heavy atom. The van der Waals surface area contributed by atoms with Crippen LogP contribution in [0.2, 0.25) is 0 Å². The van der Waals surface area contributed by atoms with E-state index in [4.69, 9.17) is 0 Å². The van der Waals surface area contributed by atoms with Crippen LogP contribution in [0.3, 0.4) is 0 Å². The average molecular weight is 388 g/mol. The Morgan fingerprint density at radius 1 is 0.857 bits per heavy atom. The monoisotopic (exact) mass is 388 g/mol. The summed E-state index contributed by atoms with van der Waals surface area (Å²) in [6.45, 7) is 6.00. The molecule has 28 heavy (non-hydrogen) atoms. The topological polar surface area (TPSA) is 49.4 Å². The molecule has 4 nitrogen and oxygen atoms in total. The molecule has 0 aliphatic carbocycles. The first-order valence-corrected chi connectivity index (χ1v) is 9.92. The lowest BCUT2D eigenvalue weighted by Gasteiger charge is -2.16. The molecule has 0 fully saturated rings. The van der Waals surface area contributed by atoms with E-state index >= 15 is 0 Å². The summed E-state index contributed by atoms with van der Waals surface area (Å²) in [7, 11) is 0. The molecular formula is C23H20N2O2S. The van der Waals surface area contributed by atoms with E-state index in [1.165, 1.54) is 16.2 Å². The standard InChI is InChI=1S/C23H20N2O2S/c1-14-9-11-17(12-10-14)25-22(26)20(19-8-5-13-28-19)21(23(25)27)24-18-7-4-6-15(2)16(18)3/h4-13,24H,1-3H3. The highest BCUT2D eigenvalue weighted by Gasteiger charge is 2.40. The number of anilines is 2. The third-order valence-electron chi connectivity index (χ3n) is 5.01. The van der Waals surface area contributed by atoms with Gasteiger partial charge < -0.3 is 5.32 Å². The number of carbonyl (C=O) groups is 2. The Kier molecular flexibility index (Phi) is 4.61. The van der Waals surface area contributed by atoms with Crippen molar-refractivity contribution in [1.82, 2.24) is 0 Å². The van der Waals surface area contributed by atoms with Gasteiger partial charge in [-0.05, 0) is 61.5 Å². The van der Waals surface area contributed by atoms with Crippen molar-refractivity contribution < 1.29 is 9.59 Å². The maximum absolute atomic E-state index is 13.3. The molecule has 1 aromatic heterocycles. The predicted molar refractivity (Wildman–Crippen MR) is 114 cm³/mol. The SMILES string of the molecule is Cc1ccc(N2C(=O)C(Nc3cccc(C)c3C)=C(c3cccs3)C2=O)cc1. The number of amides is 2. The smallest absolute Gasteiger partial charge is 0.282 e. The molecule has 2 heterocycles. The second kappa shape index (κ2) is 7.09. The number of nitrogens with one attached hydrogen (secondary N) is 1. The molecule has 5 heteroatoms. The summed E-state index contributed by atoms with van der Waals surface area (Å²) in [6.07, 6.45) is 0. The number of nitrogens with zero attached hydrogens (tertiary/aromatic N) is 1. The Bertz CT molecular complexity index is 1100. The van der Waals surface area contributed by atoms with Gasteiger partial charge in [-0.25, -0.2) is 4.90 Å². The quantitative estimate of drug-likeness (QED) is 0.635. The fraction of sp³-hybridized carbons (Fsp3) is 0.130. The zero-order chi connectivity index (χ0) is 19.8. The van der Waals surface area contributed by atoms with Gasteiger partial charge in [0, 0.05) is 10.6 Å². The number of benzene rings is 2. The van der Waals surface area contributed by atoms with Gasteiger partial charge in [0.1, 0.15) is 5.70 Å². The molecule has 0 radical (unpaired) electrons. The van der Waals surface area contributed by atoms with E-state index in [1.54, 1.807) is 12.1 Å². The van der Waals surface area contributed by atoms with Crippen molar-refractivity contribution >= 4 is 40.1 Å². The summed E-state index contributed by atoms with van der Waals surface area (Å²) >= 11 is 1.45. The molecule has 0 atom stereocenters. The van der Waals surface area contributed by atoms with Crippen LogP contribution in [0.1, 0.15) is 21.6 Å². The van der Waals surface area contributed by atoms with Gasteiger partial charge in [-0.1, -0.05) is 35.9 Å². The Hall–Kier alpha value is -3.18. The van der Waals surface area contributed by atoms with Crippen LogP contribution >= 0.6 is 11.3 Å². The largest absolute Gasteiger partial charge is 0.350 e. The van der Waals surface area contributed by atoms with E-state index in [2.05, 4.69) is 5.32 Å². The van der Waals surface area contributed by atoms with Crippen LogP contribution in [0, 0.1) is 20.8 Å². The van der Waals surface area contributed by atoms with Crippen molar-refractivity contribution in [1.29, 1.82) is 0 Å². The fourth-order valence-corrected chi connectivity index (χ4v) is 4.01. The van der Waals surface area contributed by atoms with Gasteiger partial charge in [0.25, 0.3) is 11.8 Å². The van der Waals surface area contributed by atoms with Gasteiger partial charge >= 0.3 is 0 Å². The fourth-order valence-electron chi connectivity index (χ4n) is 3.24. The first-order valence-electron chi connectivity index (χ1n) is 9.04. The van der Waals surface area contributed by atoms with Crippen LogP contribution < -0.4 is 10.2 Å². The molecule has 0 saturated heterocycles. The summed E-state index contributed by atoms with van der Waals surface area (Å²) in [5.41, 5.74) is 5.39. The summed E-state index contributed by atoms with van der Waals surface area (Å²) in [4.78, 5) is 28.6. The summed E-state index contributed by atoms with van der Waals surface area (Å²) < 4.78 is 0. The molecule has 1 N–H and O–H groups in total. The molecular weight excluding hydrogens is 368 g/mol. The molecule has 4 rings (SSSR count). The molecule has 3 aromatic rings. The van der Waals surface area contributed by atoms with Crippen molar-refractivity contribution in [3.8, 4) is 0 Å². The Balaban J connectivity index is 1.82. The lowest BCUT2D eigenvalue weighted by molar-refractivity contribution is -0.120. The molecule has 0 bridgehead atoms. The summed E-state index contributed by atoms with van der Waals surface area (Å²) in [5, 5.41) is 5.16. The van der Waals surface area contributed by atoms with Crippen molar-refractivity contribution in [2.45, 2.75) is 20.8 Å². The molecule has 2 amide bonds. The van der Waals surface area contributed by atoms with E-state index in [-0.39, 0.29) is 11.8 Å². The van der Waals surface area contributed by atoms with Crippen LogP contribution in [-0.2, 0) is 9.59 Å². The zero-order valence-electron chi connectivity index (χ0n) is 15.9. The van der Waals surface area contributed by atoms with Gasteiger partial charge in [0.2, 0.25) is 0 Å². The van der Waals surface area contributed by atoms with E-state index < -0.39 is 0 Å². The number of rotatable bonds is 4. The second-order valence-electron chi connectivity index (χ2n) is 6.88. The van der Waals surface area contributed by atoms with Gasteiger partial charge in [0.15, 0.2) is 0 Å². The van der Waals surface area contributed by atoms with Crippen LogP contribution in [0.5, 0.6) is 0 Å². The molecule has 1 aliphatic heterocycles. The molecule has 1 aliphatic rings. The lowest BCUT2D eigenvalue weighted by atomic mass is 10.1. The van der Waals surface area contributed by atoms with Gasteiger partial charge in [-0.15, -0.1) is 11.3 Å². The van der Waals surface area contributed by atoms with E-state index in [9.17, 15) is 9.59 Å². The summed E-state index contributed by atoms with van der Waals surface area (Å²) in [6, 6.07) is 17.0. The second-order valence-corrected chi connectivity index (χ2v) is 7.83. The van der Waals surface area contributed by atoms with Crippen molar-refractivity contribution in [2.75, 3.05) is 10.2 Å². The Labute approximate surface area is 168 Å². The summed E-state index contributed by atoms with van der Waals surface area (Å²) in [5.74, 6) is -0.637. The molecule has 2 aromatic carbocycles. The molecule has 0 spiro atoms. The number of hydrogen-bond acceptors (Lipinski definition) is 4. The van der Waals surface area contributed by atoms with E-state index in [1.807, 2.05) is 68.6 Å². The minimum atomic E-state index is -0.335. The minimum Gasteiger partial charge on any atom is -0.350 e. The number of thiophene rings is 1. The first-order chi connectivity index (χ1) is 13.5. The maximum Gasteiger partial charge on any atom is 0.282 e.